The number of aryl methyl sites for hydroxylation is 1. The predicted molar refractivity (Wildman–Crippen MR) is 150 cm³/mol. The smallest absolute Gasteiger partial charge is 0.243 e. The van der Waals surface area contributed by atoms with Crippen LogP contribution in [0, 0.1) is 11.3 Å². The molecule has 1 saturated heterocycles. The highest BCUT2D eigenvalue weighted by Gasteiger charge is 2.66. The fourth-order valence-corrected chi connectivity index (χ4v) is 7.36. The van der Waals surface area contributed by atoms with Gasteiger partial charge in [0, 0.05) is 48.0 Å². The van der Waals surface area contributed by atoms with Crippen LogP contribution in [0.5, 0.6) is 0 Å². The number of amides is 2. The maximum absolute atomic E-state index is 14.0. The summed E-state index contributed by atoms with van der Waals surface area (Å²) >= 11 is 0. The summed E-state index contributed by atoms with van der Waals surface area (Å²) in [5.41, 5.74) is 3.97. The van der Waals surface area contributed by atoms with Gasteiger partial charge in [-0.1, -0.05) is 32.8 Å². The number of aromatic nitrogens is 1. The van der Waals surface area contributed by atoms with Gasteiger partial charge in [0.25, 0.3) is 0 Å². The van der Waals surface area contributed by atoms with Crippen molar-refractivity contribution in [2.24, 2.45) is 11.3 Å². The maximum atomic E-state index is 14.0. The first-order chi connectivity index (χ1) is 18.7. The second kappa shape index (κ2) is 9.90. The van der Waals surface area contributed by atoms with E-state index in [0.717, 1.165) is 43.0 Å². The molecule has 3 heterocycles. The van der Waals surface area contributed by atoms with E-state index in [2.05, 4.69) is 24.4 Å². The van der Waals surface area contributed by atoms with Gasteiger partial charge in [0.15, 0.2) is 11.6 Å². The monoisotopic (exact) mass is 531 g/mol. The van der Waals surface area contributed by atoms with Crippen LogP contribution in [-0.4, -0.2) is 51.5 Å². The second-order valence-electron chi connectivity index (χ2n) is 12.8. The Morgan fingerprint density at radius 3 is 2.62 bits per heavy atom. The molecule has 208 valence electrons. The number of benzene rings is 1. The van der Waals surface area contributed by atoms with E-state index in [9.17, 15) is 19.2 Å². The molecule has 4 aliphatic rings. The molecule has 1 aromatic carbocycles. The van der Waals surface area contributed by atoms with Gasteiger partial charge in [-0.3, -0.25) is 19.2 Å². The van der Waals surface area contributed by atoms with Crippen LogP contribution in [0.15, 0.2) is 18.3 Å². The Morgan fingerprint density at radius 2 is 1.90 bits per heavy atom. The summed E-state index contributed by atoms with van der Waals surface area (Å²) in [5, 5.41) is 4.10. The number of piperidine rings is 1. The summed E-state index contributed by atoms with van der Waals surface area (Å²) in [6.07, 6.45) is 10.5. The number of nitrogens with zero attached hydrogens (tertiary/aromatic N) is 2. The number of ketones is 2. The second-order valence-corrected chi connectivity index (χ2v) is 12.8. The highest BCUT2D eigenvalue weighted by atomic mass is 16.2. The number of carbonyl (C=O) groups is 4. The first kappa shape index (κ1) is 26.3. The number of hydrogen-bond acceptors (Lipinski definition) is 4. The largest absolute Gasteiger partial charge is 0.355 e. The van der Waals surface area contributed by atoms with E-state index in [1.54, 1.807) is 6.92 Å². The van der Waals surface area contributed by atoms with Gasteiger partial charge in [0.2, 0.25) is 11.8 Å². The first-order valence-corrected chi connectivity index (χ1v) is 15.0. The molecule has 0 spiro atoms. The molecule has 39 heavy (non-hydrogen) atoms. The third-order valence-corrected chi connectivity index (χ3v) is 9.80. The molecular formula is C32H41N3O4. The zero-order chi connectivity index (χ0) is 27.5. The fourth-order valence-electron chi connectivity index (χ4n) is 7.36. The molecule has 7 nitrogen and oxygen atoms in total. The lowest BCUT2D eigenvalue weighted by molar-refractivity contribution is -0.139. The number of rotatable bonds is 4. The molecule has 2 amide bonds. The maximum Gasteiger partial charge on any atom is 0.243 e. The van der Waals surface area contributed by atoms with Crippen LogP contribution >= 0.6 is 0 Å². The molecule has 2 bridgehead atoms. The number of nitrogens with one attached hydrogen (secondary N) is 1. The molecule has 6 rings (SSSR count). The molecule has 4 atom stereocenters. The van der Waals surface area contributed by atoms with Crippen LogP contribution in [-0.2, 0) is 27.3 Å². The minimum Gasteiger partial charge on any atom is -0.355 e. The van der Waals surface area contributed by atoms with Gasteiger partial charge < -0.3 is 14.8 Å². The van der Waals surface area contributed by atoms with E-state index in [1.165, 1.54) is 24.0 Å². The highest BCUT2D eigenvalue weighted by Crippen LogP contribution is 2.59. The van der Waals surface area contributed by atoms with Crippen molar-refractivity contribution in [1.82, 2.24) is 14.8 Å². The van der Waals surface area contributed by atoms with Crippen LogP contribution in [0.2, 0.25) is 0 Å². The van der Waals surface area contributed by atoms with E-state index in [0.29, 0.717) is 43.2 Å². The van der Waals surface area contributed by atoms with E-state index in [-0.39, 0.29) is 41.4 Å². The van der Waals surface area contributed by atoms with E-state index in [4.69, 9.17) is 0 Å². The van der Waals surface area contributed by atoms with Gasteiger partial charge in [-0.15, -0.1) is 0 Å². The molecule has 7 heteroatoms. The minimum atomic E-state index is -0.439. The third kappa shape index (κ3) is 4.82. The standard InChI is InChI=1S/C32H41N3O4/c1-4-27(37)26-14-32-15-28(32)35(26)30(39)17-34-16-25(20(3)36)24-13-23(21-9-10-21)12-22(31(24)34)8-6-5-7-19(2)11-29(38)33-18-32/h12-13,16,19,21,26,28H,4-11,14-15,17-18H2,1-3H3,(H,33,38)/t19-,26+,28-,32+/m1/s1. The third-order valence-electron chi connectivity index (χ3n) is 9.80. The van der Waals surface area contributed by atoms with E-state index in [1.807, 2.05) is 22.6 Å². The zero-order valence-electron chi connectivity index (χ0n) is 23.6. The molecule has 2 aliphatic carbocycles. The summed E-state index contributed by atoms with van der Waals surface area (Å²) in [5.74, 6) is 0.960. The average Bonchev–Trinajstić information content (AvgIpc) is 3.81. The number of Topliss-reactive ketones (excluding diaryl/α,β-unsaturated/α-hetero) is 2. The molecule has 0 unspecified atom stereocenters. The Balaban J connectivity index is 1.42. The molecule has 0 radical (unpaired) electrons. The lowest BCUT2D eigenvalue weighted by Crippen LogP contribution is -2.44. The van der Waals surface area contributed by atoms with Crippen molar-refractivity contribution in [3.8, 4) is 0 Å². The molecule has 3 fully saturated rings. The highest BCUT2D eigenvalue weighted by molar-refractivity contribution is 6.08. The van der Waals surface area contributed by atoms with Crippen LogP contribution in [0.3, 0.4) is 0 Å². The van der Waals surface area contributed by atoms with Crippen LogP contribution in [0.1, 0.15) is 106 Å². The lowest BCUT2D eigenvalue weighted by Gasteiger charge is -2.27. The van der Waals surface area contributed by atoms with Crippen molar-refractivity contribution in [2.75, 3.05) is 6.54 Å². The van der Waals surface area contributed by atoms with Crippen molar-refractivity contribution >= 4 is 34.3 Å². The van der Waals surface area contributed by atoms with Gasteiger partial charge in [-0.2, -0.15) is 0 Å². The quantitative estimate of drug-likeness (QED) is 0.567. The van der Waals surface area contributed by atoms with Gasteiger partial charge in [0.05, 0.1) is 11.6 Å². The van der Waals surface area contributed by atoms with Crippen LogP contribution in [0.25, 0.3) is 10.9 Å². The van der Waals surface area contributed by atoms with Crippen molar-refractivity contribution in [1.29, 1.82) is 0 Å². The summed E-state index contributed by atoms with van der Waals surface area (Å²) in [6, 6.07) is 4.03. The SMILES string of the molecule is CCC(=O)[C@@H]1C[C@]23CNC(=O)C[C@H](C)CCCCc4cc(C5CC5)cc5c(C(C)=O)cn(c45)CC(=O)N1[C@@H]2C3. The average molecular weight is 532 g/mol. The Morgan fingerprint density at radius 1 is 1.10 bits per heavy atom. The Bertz CT molecular complexity index is 1350. The fraction of sp³-hybridized carbons (Fsp3) is 0.625. The normalized spacial score (nSPS) is 29.6. The van der Waals surface area contributed by atoms with Gasteiger partial charge in [0.1, 0.15) is 6.54 Å². The van der Waals surface area contributed by atoms with Gasteiger partial charge in [-0.25, -0.2) is 0 Å². The van der Waals surface area contributed by atoms with Crippen molar-refractivity contribution in [2.45, 2.75) is 110 Å². The molecule has 2 saturated carbocycles. The molecule has 2 aliphatic heterocycles. The zero-order valence-corrected chi connectivity index (χ0v) is 23.6. The number of hydrogen-bond donors (Lipinski definition) is 1. The van der Waals surface area contributed by atoms with Crippen molar-refractivity contribution in [3.05, 3.63) is 35.0 Å². The summed E-state index contributed by atoms with van der Waals surface area (Å²) in [4.78, 5) is 54.3. The van der Waals surface area contributed by atoms with Gasteiger partial charge in [-0.05, 0) is 74.5 Å². The van der Waals surface area contributed by atoms with Crippen LogP contribution in [0.4, 0.5) is 0 Å². The van der Waals surface area contributed by atoms with E-state index < -0.39 is 6.04 Å². The Kier molecular flexibility index (Phi) is 6.67. The van der Waals surface area contributed by atoms with E-state index >= 15 is 0 Å². The van der Waals surface area contributed by atoms with Crippen LogP contribution < -0.4 is 5.32 Å². The number of carbonyl (C=O) groups excluding carboxylic acids is 4. The molecule has 2 aromatic rings. The summed E-state index contributed by atoms with van der Waals surface area (Å²) in [6.45, 7) is 6.24. The lowest BCUT2D eigenvalue weighted by atomic mass is 9.94. The molecule has 1 N–H and O–H groups in total. The minimum absolute atomic E-state index is 0.0122. The Labute approximate surface area is 230 Å². The summed E-state index contributed by atoms with van der Waals surface area (Å²) < 4.78 is 1.98. The Hall–Kier alpha value is -2.96. The van der Waals surface area contributed by atoms with Crippen molar-refractivity contribution < 1.29 is 19.2 Å². The predicted octanol–water partition coefficient (Wildman–Crippen LogP) is 4.93. The molecular weight excluding hydrogens is 490 g/mol. The van der Waals surface area contributed by atoms with Gasteiger partial charge >= 0.3 is 0 Å². The van der Waals surface area contributed by atoms with Crippen molar-refractivity contribution in [3.63, 3.8) is 0 Å². The molecule has 1 aromatic heterocycles. The summed E-state index contributed by atoms with van der Waals surface area (Å²) in [7, 11) is 0. The first-order valence-electron chi connectivity index (χ1n) is 15.0. The topological polar surface area (TPSA) is 88.5 Å².